The van der Waals surface area contributed by atoms with Crippen molar-refractivity contribution in [3.05, 3.63) is 64.2 Å². The Morgan fingerprint density at radius 3 is 2.65 bits per heavy atom. The highest BCUT2D eigenvalue weighted by Gasteiger charge is 2.30. The van der Waals surface area contributed by atoms with Crippen molar-refractivity contribution in [1.29, 1.82) is 0 Å². The first-order valence-electron chi connectivity index (χ1n) is 7.30. The van der Waals surface area contributed by atoms with E-state index >= 15 is 0 Å². The van der Waals surface area contributed by atoms with Gasteiger partial charge in [-0.3, -0.25) is 9.69 Å². The Hall–Kier alpha value is -2.40. The van der Waals surface area contributed by atoms with E-state index in [2.05, 4.69) is 9.98 Å². The lowest BCUT2D eigenvalue weighted by atomic mass is 10.1. The molecule has 5 heteroatoms. The summed E-state index contributed by atoms with van der Waals surface area (Å²) < 4.78 is 0. The molecule has 3 rings (SSSR count). The number of carbonyl (C=O) groups is 1. The van der Waals surface area contributed by atoms with Crippen LogP contribution in [0, 0.1) is 13.8 Å². The normalized spacial score (nSPS) is 18.2. The van der Waals surface area contributed by atoms with Crippen LogP contribution in [0.4, 0.5) is 5.82 Å². The molecular formula is C18H17N3OS. The zero-order valence-electron chi connectivity index (χ0n) is 13.3. The number of hydrogen-bond acceptors (Lipinski definition) is 4. The molecule has 2 aromatic rings. The van der Waals surface area contributed by atoms with Gasteiger partial charge in [-0.05, 0) is 54.9 Å². The van der Waals surface area contributed by atoms with E-state index in [0.717, 1.165) is 16.8 Å². The van der Waals surface area contributed by atoms with Crippen molar-refractivity contribution in [2.45, 2.75) is 13.8 Å². The van der Waals surface area contributed by atoms with Crippen LogP contribution in [0.5, 0.6) is 0 Å². The maximum atomic E-state index is 12.4. The Kier molecular flexibility index (Phi) is 4.30. The van der Waals surface area contributed by atoms with Crippen LogP contribution in [0.3, 0.4) is 0 Å². The van der Waals surface area contributed by atoms with Crippen molar-refractivity contribution in [2.75, 3.05) is 7.05 Å². The SMILES string of the molecule is Cc1cccc(/N=C2/S/C(=C\c3ccccc3C)C(=O)N2C)n1. The Balaban J connectivity index is 1.93. The van der Waals surface area contributed by atoms with Gasteiger partial charge in [-0.15, -0.1) is 0 Å². The largest absolute Gasteiger partial charge is 0.289 e. The number of nitrogens with zero attached hydrogens (tertiary/aromatic N) is 3. The van der Waals surface area contributed by atoms with Gasteiger partial charge in [0.2, 0.25) is 0 Å². The summed E-state index contributed by atoms with van der Waals surface area (Å²) in [5.74, 6) is 0.578. The number of likely N-dealkylation sites (N-methyl/N-ethyl adjacent to an activating group) is 1. The molecule has 0 spiro atoms. The van der Waals surface area contributed by atoms with E-state index in [1.165, 1.54) is 11.8 Å². The van der Waals surface area contributed by atoms with E-state index in [-0.39, 0.29) is 5.91 Å². The summed E-state index contributed by atoms with van der Waals surface area (Å²) >= 11 is 1.38. The molecule has 4 nitrogen and oxygen atoms in total. The van der Waals surface area contributed by atoms with Crippen molar-refractivity contribution >= 4 is 34.7 Å². The van der Waals surface area contributed by atoms with Gasteiger partial charge < -0.3 is 0 Å². The van der Waals surface area contributed by atoms with Crippen molar-refractivity contribution in [3.63, 3.8) is 0 Å². The molecule has 0 saturated carbocycles. The van der Waals surface area contributed by atoms with Gasteiger partial charge in [-0.25, -0.2) is 9.98 Å². The summed E-state index contributed by atoms with van der Waals surface area (Å²) in [7, 11) is 1.74. The topological polar surface area (TPSA) is 45.6 Å². The summed E-state index contributed by atoms with van der Waals surface area (Å²) in [6.07, 6.45) is 1.92. The van der Waals surface area contributed by atoms with E-state index in [0.29, 0.717) is 15.9 Å². The number of thioether (sulfide) groups is 1. The molecule has 0 N–H and O–H groups in total. The summed E-state index contributed by atoms with van der Waals surface area (Å²) in [6, 6.07) is 13.7. The Labute approximate surface area is 140 Å². The van der Waals surface area contributed by atoms with Crippen molar-refractivity contribution in [1.82, 2.24) is 9.88 Å². The fraction of sp³-hybridized carbons (Fsp3) is 0.167. The van der Waals surface area contributed by atoms with Gasteiger partial charge in [0.15, 0.2) is 11.0 Å². The molecule has 116 valence electrons. The van der Waals surface area contributed by atoms with Crippen LogP contribution < -0.4 is 0 Å². The smallest absolute Gasteiger partial charge is 0.266 e. The van der Waals surface area contributed by atoms with Crippen molar-refractivity contribution < 1.29 is 4.79 Å². The van der Waals surface area contributed by atoms with E-state index in [4.69, 9.17) is 0 Å². The summed E-state index contributed by atoms with van der Waals surface area (Å²) in [4.78, 5) is 23.5. The van der Waals surface area contributed by atoms with Crippen LogP contribution in [0.25, 0.3) is 6.08 Å². The number of aromatic nitrogens is 1. The molecule has 2 heterocycles. The van der Waals surface area contributed by atoms with Gasteiger partial charge >= 0.3 is 0 Å². The third kappa shape index (κ3) is 3.35. The van der Waals surface area contributed by atoms with Gasteiger partial charge in [0, 0.05) is 12.7 Å². The second-order valence-electron chi connectivity index (χ2n) is 5.36. The van der Waals surface area contributed by atoms with Gasteiger partial charge in [0.05, 0.1) is 4.91 Å². The molecule has 1 aliphatic rings. The molecule has 1 amide bonds. The Morgan fingerprint density at radius 1 is 1.13 bits per heavy atom. The average molecular weight is 323 g/mol. The monoisotopic (exact) mass is 323 g/mol. The molecule has 0 atom stereocenters. The second-order valence-corrected chi connectivity index (χ2v) is 6.37. The maximum absolute atomic E-state index is 12.4. The lowest BCUT2D eigenvalue weighted by Crippen LogP contribution is -2.23. The summed E-state index contributed by atoms with van der Waals surface area (Å²) in [5.41, 5.74) is 3.09. The third-order valence-electron chi connectivity index (χ3n) is 3.56. The van der Waals surface area contributed by atoms with E-state index in [9.17, 15) is 4.79 Å². The number of aryl methyl sites for hydroxylation is 2. The minimum absolute atomic E-state index is 0.0374. The molecule has 0 unspecified atom stereocenters. The van der Waals surface area contributed by atoms with Crippen LogP contribution in [-0.2, 0) is 4.79 Å². The fourth-order valence-electron chi connectivity index (χ4n) is 2.23. The van der Waals surface area contributed by atoms with E-state index in [1.54, 1.807) is 11.9 Å². The molecule has 1 fully saturated rings. The number of amides is 1. The van der Waals surface area contributed by atoms with Crippen LogP contribution in [0.2, 0.25) is 0 Å². The molecule has 0 aliphatic carbocycles. The lowest BCUT2D eigenvalue weighted by molar-refractivity contribution is -0.121. The van der Waals surface area contributed by atoms with E-state index < -0.39 is 0 Å². The number of aliphatic imine (C=N–C) groups is 1. The highest BCUT2D eigenvalue weighted by atomic mass is 32.2. The number of amidine groups is 1. The molecular weight excluding hydrogens is 306 g/mol. The van der Waals surface area contributed by atoms with Gasteiger partial charge in [-0.1, -0.05) is 30.3 Å². The highest BCUT2D eigenvalue weighted by molar-refractivity contribution is 8.18. The minimum atomic E-state index is -0.0374. The number of pyridine rings is 1. The first kappa shape index (κ1) is 15.5. The molecule has 1 aromatic heterocycles. The summed E-state index contributed by atoms with van der Waals surface area (Å²) in [6.45, 7) is 3.95. The zero-order valence-corrected chi connectivity index (χ0v) is 14.1. The zero-order chi connectivity index (χ0) is 16.4. The number of hydrogen-bond donors (Lipinski definition) is 0. The van der Waals surface area contributed by atoms with Crippen LogP contribution in [0.15, 0.2) is 52.4 Å². The molecule has 1 saturated heterocycles. The predicted molar refractivity (Wildman–Crippen MR) is 95.6 cm³/mol. The number of rotatable bonds is 2. The molecule has 0 radical (unpaired) electrons. The lowest BCUT2D eigenvalue weighted by Gasteiger charge is -2.06. The summed E-state index contributed by atoms with van der Waals surface area (Å²) in [5, 5.41) is 0.646. The first-order chi connectivity index (χ1) is 11.0. The number of carbonyl (C=O) groups excluding carboxylic acids is 1. The predicted octanol–water partition coefficient (Wildman–Crippen LogP) is 3.93. The van der Waals surface area contributed by atoms with Crippen LogP contribution >= 0.6 is 11.8 Å². The molecule has 0 bridgehead atoms. The van der Waals surface area contributed by atoms with Gasteiger partial charge in [-0.2, -0.15) is 0 Å². The molecule has 1 aliphatic heterocycles. The molecule has 23 heavy (non-hydrogen) atoms. The van der Waals surface area contributed by atoms with Gasteiger partial charge in [0.1, 0.15) is 0 Å². The standard InChI is InChI=1S/C18H17N3OS/c1-12-7-4-5-9-14(12)11-15-17(22)21(3)18(23-15)20-16-10-6-8-13(2)19-16/h4-11H,1-3H3/b15-11-,20-18+. The van der Waals surface area contributed by atoms with E-state index in [1.807, 2.05) is 62.4 Å². The first-order valence-corrected chi connectivity index (χ1v) is 8.12. The number of benzene rings is 1. The van der Waals surface area contributed by atoms with Gasteiger partial charge in [0.25, 0.3) is 5.91 Å². The maximum Gasteiger partial charge on any atom is 0.266 e. The van der Waals surface area contributed by atoms with Crippen molar-refractivity contribution in [3.8, 4) is 0 Å². The minimum Gasteiger partial charge on any atom is -0.289 e. The quantitative estimate of drug-likeness (QED) is 0.787. The fourth-order valence-corrected chi connectivity index (χ4v) is 3.20. The Morgan fingerprint density at radius 2 is 1.91 bits per heavy atom. The van der Waals surface area contributed by atoms with Crippen LogP contribution in [-0.4, -0.2) is 28.0 Å². The second kappa shape index (κ2) is 6.38. The van der Waals surface area contributed by atoms with Crippen molar-refractivity contribution in [2.24, 2.45) is 4.99 Å². The third-order valence-corrected chi connectivity index (χ3v) is 4.62. The molecule has 1 aromatic carbocycles. The highest BCUT2D eigenvalue weighted by Crippen LogP contribution is 2.33. The van der Waals surface area contributed by atoms with Crippen LogP contribution in [0.1, 0.15) is 16.8 Å². The Bertz CT molecular complexity index is 827. The average Bonchev–Trinajstić information content (AvgIpc) is 2.78.